The van der Waals surface area contributed by atoms with Crippen LogP contribution in [-0.4, -0.2) is 0 Å². The smallest absolute Gasteiger partial charge is 0.123 e. The van der Waals surface area contributed by atoms with Gasteiger partial charge in [-0.1, -0.05) is 60.7 Å². The zero-order valence-electron chi connectivity index (χ0n) is 13.9. The number of thiophene rings is 1. The minimum atomic E-state index is -0.207. The van der Waals surface area contributed by atoms with E-state index in [0.717, 1.165) is 11.1 Å². The fourth-order valence-electron chi connectivity index (χ4n) is 3.43. The van der Waals surface area contributed by atoms with E-state index < -0.39 is 0 Å². The number of fused-ring (bicyclic) bond motifs is 3. The van der Waals surface area contributed by atoms with Crippen LogP contribution in [0.3, 0.4) is 0 Å². The first-order valence-corrected chi connectivity index (χ1v) is 9.37. The zero-order chi connectivity index (χ0) is 17.5. The van der Waals surface area contributed by atoms with Gasteiger partial charge < -0.3 is 0 Å². The number of hydrogen-bond donors (Lipinski definition) is 0. The molecule has 0 aliphatic heterocycles. The molecule has 124 valence electrons. The van der Waals surface area contributed by atoms with Gasteiger partial charge in [-0.05, 0) is 52.6 Å². The molecule has 1 heterocycles. The Morgan fingerprint density at radius 2 is 1.15 bits per heavy atom. The second-order valence-corrected chi connectivity index (χ2v) is 7.48. The molecule has 0 nitrogen and oxygen atoms in total. The molecule has 0 atom stereocenters. The molecule has 0 fully saturated rings. The topological polar surface area (TPSA) is 0 Å². The van der Waals surface area contributed by atoms with Gasteiger partial charge in [0.25, 0.3) is 0 Å². The van der Waals surface area contributed by atoms with Crippen LogP contribution in [0.2, 0.25) is 0 Å². The van der Waals surface area contributed by atoms with Crippen molar-refractivity contribution < 1.29 is 4.39 Å². The monoisotopic (exact) mass is 354 g/mol. The van der Waals surface area contributed by atoms with E-state index >= 15 is 0 Å². The maximum Gasteiger partial charge on any atom is 0.123 e. The van der Waals surface area contributed by atoms with Crippen molar-refractivity contribution in [3.8, 4) is 22.3 Å². The van der Waals surface area contributed by atoms with Crippen molar-refractivity contribution >= 4 is 31.5 Å². The molecule has 1 aromatic heterocycles. The highest BCUT2D eigenvalue weighted by atomic mass is 32.1. The molecule has 5 rings (SSSR count). The van der Waals surface area contributed by atoms with Gasteiger partial charge >= 0.3 is 0 Å². The van der Waals surface area contributed by atoms with E-state index in [1.807, 2.05) is 17.4 Å². The van der Waals surface area contributed by atoms with Gasteiger partial charge in [0, 0.05) is 20.2 Å². The van der Waals surface area contributed by atoms with Crippen molar-refractivity contribution in [2.24, 2.45) is 0 Å². The Labute approximate surface area is 155 Å². The summed E-state index contributed by atoms with van der Waals surface area (Å²) in [4.78, 5) is 0. The Balaban J connectivity index is 1.58. The summed E-state index contributed by atoms with van der Waals surface area (Å²) in [6.07, 6.45) is 0. The second kappa shape index (κ2) is 6.08. The lowest BCUT2D eigenvalue weighted by Crippen LogP contribution is -1.82. The molecule has 26 heavy (non-hydrogen) atoms. The minimum absolute atomic E-state index is 0.207. The average Bonchev–Trinajstić information content (AvgIpc) is 3.06. The Bertz CT molecular complexity index is 1230. The molecular formula is C24H15FS. The minimum Gasteiger partial charge on any atom is -0.207 e. The highest BCUT2D eigenvalue weighted by Gasteiger charge is 2.07. The fraction of sp³-hybridized carbons (Fsp3) is 0. The molecular weight excluding hydrogens is 339 g/mol. The Kier molecular flexibility index (Phi) is 3.58. The summed E-state index contributed by atoms with van der Waals surface area (Å²) in [5.74, 6) is -0.207. The van der Waals surface area contributed by atoms with Crippen LogP contribution in [0, 0.1) is 5.82 Å². The van der Waals surface area contributed by atoms with Gasteiger partial charge in [-0.3, -0.25) is 0 Å². The van der Waals surface area contributed by atoms with Gasteiger partial charge in [0.05, 0.1) is 0 Å². The zero-order valence-corrected chi connectivity index (χ0v) is 14.8. The van der Waals surface area contributed by atoms with Gasteiger partial charge in [0.2, 0.25) is 0 Å². The fourth-order valence-corrected chi connectivity index (χ4v) is 4.52. The van der Waals surface area contributed by atoms with E-state index in [-0.39, 0.29) is 5.82 Å². The van der Waals surface area contributed by atoms with E-state index in [1.165, 1.54) is 37.4 Å². The molecule has 0 saturated carbocycles. The van der Waals surface area contributed by atoms with Crippen molar-refractivity contribution in [1.29, 1.82) is 0 Å². The lowest BCUT2D eigenvalue weighted by atomic mass is 9.99. The van der Waals surface area contributed by atoms with Gasteiger partial charge in [-0.15, -0.1) is 11.3 Å². The third-order valence-electron chi connectivity index (χ3n) is 4.75. The summed E-state index contributed by atoms with van der Waals surface area (Å²) in [6, 6.07) is 30.2. The molecule has 0 bridgehead atoms. The van der Waals surface area contributed by atoms with Gasteiger partial charge in [0.1, 0.15) is 5.82 Å². The highest BCUT2D eigenvalue weighted by molar-refractivity contribution is 7.25. The molecule has 0 aliphatic rings. The van der Waals surface area contributed by atoms with E-state index in [1.54, 1.807) is 12.1 Å². The van der Waals surface area contributed by atoms with Gasteiger partial charge in [0.15, 0.2) is 0 Å². The highest BCUT2D eigenvalue weighted by Crippen LogP contribution is 2.36. The molecule has 0 spiro atoms. The van der Waals surface area contributed by atoms with Gasteiger partial charge in [-0.2, -0.15) is 0 Å². The summed E-state index contributed by atoms with van der Waals surface area (Å²) in [5, 5.41) is 2.61. The van der Waals surface area contributed by atoms with Crippen molar-refractivity contribution in [3.05, 3.63) is 96.8 Å². The van der Waals surface area contributed by atoms with E-state index in [0.29, 0.717) is 0 Å². The van der Waals surface area contributed by atoms with Crippen molar-refractivity contribution in [3.63, 3.8) is 0 Å². The van der Waals surface area contributed by atoms with Crippen LogP contribution < -0.4 is 0 Å². The van der Waals surface area contributed by atoms with Crippen LogP contribution in [-0.2, 0) is 0 Å². The first-order valence-electron chi connectivity index (χ1n) is 8.56. The first kappa shape index (κ1) is 15.3. The summed E-state index contributed by atoms with van der Waals surface area (Å²) >= 11 is 1.83. The van der Waals surface area contributed by atoms with Crippen molar-refractivity contribution in [1.82, 2.24) is 0 Å². The largest absolute Gasteiger partial charge is 0.207 e. The summed E-state index contributed by atoms with van der Waals surface area (Å²) in [7, 11) is 0. The van der Waals surface area contributed by atoms with E-state index in [2.05, 4.69) is 66.7 Å². The molecule has 0 aliphatic carbocycles. The molecule has 0 amide bonds. The molecule has 0 radical (unpaired) electrons. The normalized spacial score (nSPS) is 11.3. The standard InChI is InChI=1S/C24H15FS/c25-20-5-3-4-18(14-20)16-8-10-17(11-9-16)19-12-13-24-22(15-19)21-6-1-2-7-23(21)26-24/h1-15H. The molecule has 4 aromatic carbocycles. The quantitative estimate of drug-likeness (QED) is 0.307. The maximum atomic E-state index is 13.4. The van der Waals surface area contributed by atoms with Crippen LogP contribution in [0.15, 0.2) is 91.0 Å². The lowest BCUT2D eigenvalue weighted by molar-refractivity contribution is 0.628. The number of benzene rings is 4. The SMILES string of the molecule is Fc1cccc(-c2ccc(-c3ccc4sc5ccccc5c4c3)cc2)c1. The Morgan fingerprint density at radius 3 is 1.92 bits per heavy atom. The van der Waals surface area contributed by atoms with Crippen LogP contribution in [0.25, 0.3) is 42.4 Å². The average molecular weight is 354 g/mol. The van der Waals surface area contributed by atoms with Crippen LogP contribution in [0.1, 0.15) is 0 Å². The third kappa shape index (κ3) is 2.59. The Morgan fingerprint density at radius 1 is 0.500 bits per heavy atom. The number of hydrogen-bond acceptors (Lipinski definition) is 1. The molecule has 2 heteroatoms. The first-order chi connectivity index (χ1) is 12.8. The predicted octanol–water partition coefficient (Wildman–Crippen LogP) is 7.53. The number of halogens is 1. The maximum absolute atomic E-state index is 13.4. The van der Waals surface area contributed by atoms with Crippen LogP contribution in [0.4, 0.5) is 4.39 Å². The summed E-state index contributed by atoms with van der Waals surface area (Å²) < 4.78 is 16.1. The Hall–Kier alpha value is -2.97. The summed E-state index contributed by atoms with van der Waals surface area (Å²) in [5.41, 5.74) is 4.29. The van der Waals surface area contributed by atoms with E-state index in [9.17, 15) is 4.39 Å². The van der Waals surface area contributed by atoms with Crippen molar-refractivity contribution in [2.75, 3.05) is 0 Å². The molecule has 0 saturated heterocycles. The van der Waals surface area contributed by atoms with Crippen LogP contribution in [0.5, 0.6) is 0 Å². The van der Waals surface area contributed by atoms with Crippen LogP contribution >= 0.6 is 11.3 Å². The lowest BCUT2D eigenvalue weighted by Gasteiger charge is -2.06. The van der Waals surface area contributed by atoms with Crippen molar-refractivity contribution in [2.45, 2.75) is 0 Å². The second-order valence-electron chi connectivity index (χ2n) is 6.40. The van der Waals surface area contributed by atoms with E-state index in [4.69, 9.17) is 0 Å². The molecule has 0 unspecified atom stereocenters. The molecule has 5 aromatic rings. The number of rotatable bonds is 2. The summed E-state index contributed by atoms with van der Waals surface area (Å²) in [6.45, 7) is 0. The predicted molar refractivity (Wildman–Crippen MR) is 110 cm³/mol. The molecule has 0 N–H and O–H groups in total. The van der Waals surface area contributed by atoms with Gasteiger partial charge in [-0.25, -0.2) is 4.39 Å². The third-order valence-corrected chi connectivity index (χ3v) is 5.90.